The Labute approximate surface area is 383 Å². The normalized spacial score (nSPS) is 17.8. The van der Waals surface area contributed by atoms with Gasteiger partial charge in [0.05, 0.1) is 18.8 Å². The van der Waals surface area contributed by atoms with Gasteiger partial charge < -0.3 is 74.0 Å². The predicted molar refractivity (Wildman–Crippen MR) is 236 cm³/mol. The number of aliphatic carboxylic acids is 2. The van der Waals surface area contributed by atoms with E-state index >= 15 is 0 Å². The van der Waals surface area contributed by atoms with Gasteiger partial charge in [0.1, 0.15) is 48.3 Å². The van der Waals surface area contributed by atoms with E-state index in [9.17, 15) is 63.3 Å². The minimum Gasteiger partial charge on any atom is -0.481 e. The van der Waals surface area contributed by atoms with E-state index in [0.717, 1.165) is 0 Å². The molecule has 1 aliphatic heterocycles. The molecule has 0 saturated carbocycles. The monoisotopic (exact) mass is 946 g/mol. The van der Waals surface area contributed by atoms with Crippen molar-refractivity contribution in [2.24, 2.45) is 23.3 Å². The molecular formula is C40H70N10O14S. The number of carbonyl (C=O) groups is 10. The molecule has 8 amide bonds. The Bertz CT molecular complexity index is 1670. The average Bonchev–Trinajstić information content (AvgIpc) is 3.73. The van der Waals surface area contributed by atoms with Gasteiger partial charge in [0.15, 0.2) is 0 Å². The summed E-state index contributed by atoms with van der Waals surface area (Å²) in [5.41, 5.74) is 11.4. The summed E-state index contributed by atoms with van der Waals surface area (Å²) in [5.74, 6) is -10.3. The highest BCUT2D eigenvalue weighted by Crippen LogP contribution is 2.21. The van der Waals surface area contributed by atoms with Gasteiger partial charge in [0.25, 0.3) is 0 Å². The summed E-state index contributed by atoms with van der Waals surface area (Å²) in [6, 6.07) is -12.0. The second kappa shape index (κ2) is 28.7. The van der Waals surface area contributed by atoms with Crippen LogP contribution in [0.3, 0.4) is 0 Å². The Balaban J connectivity index is 3.22. The molecule has 15 N–H and O–H groups in total. The number of nitrogens with two attached hydrogens (primary N) is 2. The third kappa shape index (κ3) is 19.5. The Morgan fingerprint density at radius 2 is 1.26 bits per heavy atom. The number of likely N-dealkylation sites (tertiary alicyclic amines) is 1. The van der Waals surface area contributed by atoms with Gasteiger partial charge in [-0.1, -0.05) is 27.7 Å². The minimum atomic E-state index is -1.63. The highest BCUT2D eigenvalue weighted by molar-refractivity contribution is 7.80. The first-order valence-electron chi connectivity index (χ1n) is 21.6. The van der Waals surface area contributed by atoms with Gasteiger partial charge >= 0.3 is 11.9 Å². The van der Waals surface area contributed by atoms with E-state index in [1.807, 2.05) is 0 Å². The number of amides is 8. The minimum absolute atomic E-state index is 0.0368. The summed E-state index contributed by atoms with van der Waals surface area (Å²) in [4.78, 5) is 131. The smallest absolute Gasteiger partial charge is 0.327 e. The van der Waals surface area contributed by atoms with Gasteiger partial charge in [-0.2, -0.15) is 12.6 Å². The van der Waals surface area contributed by atoms with Gasteiger partial charge in [0.2, 0.25) is 47.3 Å². The van der Waals surface area contributed by atoms with E-state index < -0.39 is 132 Å². The van der Waals surface area contributed by atoms with Gasteiger partial charge in [-0.15, -0.1) is 0 Å². The number of nitrogens with zero attached hydrogens (tertiary/aromatic N) is 1. The van der Waals surface area contributed by atoms with Gasteiger partial charge in [-0.25, -0.2) is 4.79 Å². The molecule has 0 aromatic heterocycles. The highest BCUT2D eigenvalue weighted by Gasteiger charge is 2.41. The number of aliphatic hydroxyl groups is 2. The third-order valence-electron chi connectivity index (χ3n) is 10.4. The summed E-state index contributed by atoms with van der Waals surface area (Å²) in [7, 11) is 0. The van der Waals surface area contributed by atoms with Crippen molar-refractivity contribution >= 4 is 71.8 Å². The van der Waals surface area contributed by atoms with Crippen LogP contribution in [0.25, 0.3) is 0 Å². The van der Waals surface area contributed by atoms with Crippen molar-refractivity contribution in [3.05, 3.63) is 0 Å². The fourth-order valence-corrected chi connectivity index (χ4v) is 6.91. The summed E-state index contributed by atoms with van der Waals surface area (Å²) < 4.78 is 0. The largest absolute Gasteiger partial charge is 0.481 e. The SMILES string of the molecule is CC(C)C[C@H](NC(=O)[C@H](CO)NC(=O)[C@@H](NC(=O)[C@H](C)NC(=O)[C@@H](N)CCC(=O)O)C(C)C)C(=O)N[C@@H](CCCCN)C(=O)N1CCC[C@H]1C(=O)N[C@H](C(=O)N[C@@H](CS)C(=O)O)[C@@H](C)O. The molecule has 0 aromatic rings. The maximum Gasteiger partial charge on any atom is 0.327 e. The predicted octanol–water partition coefficient (Wildman–Crippen LogP) is -4.20. The molecule has 0 radical (unpaired) electrons. The second-order valence-corrected chi connectivity index (χ2v) is 17.1. The van der Waals surface area contributed by atoms with Crippen LogP contribution in [0, 0.1) is 11.8 Å². The fourth-order valence-electron chi connectivity index (χ4n) is 6.67. The first kappa shape index (κ1) is 57.9. The number of aliphatic hydroxyl groups excluding tert-OH is 2. The highest BCUT2D eigenvalue weighted by atomic mass is 32.1. The molecule has 1 fully saturated rings. The van der Waals surface area contributed by atoms with E-state index in [0.29, 0.717) is 19.3 Å². The van der Waals surface area contributed by atoms with Gasteiger partial charge in [-0.3, -0.25) is 43.2 Å². The maximum atomic E-state index is 14.2. The molecule has 65 heavy (non-hydrogen) atoms. The Morgan fingerprint density at radius 1 is 0.692 bits per heavy atom. The number of hydrogen-bond acceptors (Lipinski definition) is 15. The zero-order valence-corrected chi connectivity index (χ0v) is 38.7. The zero-order chi connectivity index (χ0) is 49.7. The number of unbranched alkanes of at least 4 members (excludes halogenated alkanes) is 1. The lowest BCUT2D eigenvalue weighted by molar-refractivity contribution is -0.144. The number of rotatable bonds is 29. The van der Waals surface area contributed by atoms with Crippen molar-refractivity contribution in [1.29, 1.82) is 0 Å². The first-order chi connectivity index (χ1) is 30.4. The van der Waals surface area contributed by atoms with Crippen LogP contribution in [-0.2, 0) is 47.9 Å². The molecule has 1 rings (SSSR count). The topological polar surface area (TPSA) is 391 Å². The van der Waals surface area contributed by atoms with Crippen LogP contribution < -0.4 is 48.7 Å². The molecule has 1 aliphatic rings. The lowest BCUT2D eigenvalue weighted by atomic mass is 10.0. The van der Waals surface area contributed by atoms with Crippen LogP contribution in [0.2, 0.25) is 0 Å². The van der Waals surface area contributed by atoms with Crippen LogP contribution >= 0.6 is 12.6 Å². The molecule has 0 spiro atoms. The molecule has 0 unspecified atom stereocenters. The molecule has 1 saturated heterocycles. The zero-order valence-electron chi connectivity index (χ0n) is 37.8. The number of hydrogen-bond donors (Lipinski definition) is 14. The standard InChI is InChI=1S/C40H70N10O14S/c1-19(2)16-25(45-35(58)26(17-51)46-37(60)30(20(3)4)48-32(55)21(5)43-33(56)23(42)12-13-29(53)54)34(57)44-24(10-7-8-14-41)39(62)50-15-9-11-28(50)36(59)49-31(22(6)52)38(61)47-27(18-65)40(63)64/h19-28,30-31,51-52,65H,7-18,41-42H2,1-6H3,(H,43,56)(H,44,57)(H,45,58)(H,46,60)(H,47,61)(H,48,55)(H,49,59)(H,53,54)(H,63,64)/t21-,22+,23-,24-,25-,26-,27-,28-,30-,31-/m0/s1. The van der Waals surface area contributed by atoms with Crippen molar-refractivity contribution in [2.45, 2.75) is 153 Å². The molecule has 0 aliphatic carbocycles. The number of carboxylic acid groups (broad SMARTS) is 2. The third-order valence-corrected chi connectivity index (χ3v) is 10.8. The summed E-state index contributed by atoms with van der Waals surface area (Å²) in [6.07, 6.45) is -0.550. The van der Waals surface area contributed by atoms with Crippen molar-refractivity contribution in [1.82, 2.24) is 42.1 Å². The number of carbonyl (C=O) groups excluding carboxylic acids is 8. The summed E-state index contributed by atoms with van der Waals surface area (Å²) in [5, 5.41) is 55.7. The van der Waals surface area contributed by atoms with E-state index in [2.05, 4.69) is 49.8 Å². The Morgan fingerprint density at radius 3 is 1.78 bits per heavy atom. The van der Waals surface area contributed by atoms with Crippen molar-refractivity contribution in [3.63, 3.8) is 0 Å². The second-order valence-electron chi connectivity index (χ2n) is 16.8. The molecule has 10 atom stereocenters. The molecule has 0 bridgehead atoms. The average molecular weight is 947 g/mol. The quantitative estimate of drug-likeness (QED) is 0.0250. The lowest BCUT2D eigenvalue weighted by Crippen LogP contribution is -2.61. The molecule has 370 valence electrons. The lowest BCUT2D eigenvalue weighted by Gasteiger charge is -2.31. The Kier molecular flexibility index (Phi) is 25.6. The molecule has 25 heteroatoms. The van der Waals surface area contributed by atoms with Crippen molar-refractivity contribution < 1.29 is 68.4 Å². The van der Waals surface area contributed by atoms with Crippen LogP contribution in [0.1, 0.15) is 92.9 Å². The van der Waals surface area contributed by atoms with Crippen LogP contribution in [0.4, 0.5) is 0 Å². The van der Waals surface area contributed by atoms with Gasteiger partial charge in [-0.05, 0) is 77.2 Å². The molecular weight excluding hydrogens is 877 g/mol. The first-order valence-corrected chi connectivity index (χ1v) is 22.3. The van der Waals surface area contributed by atoms with E-state index in [-0.39, 0.29) is 56.9 Å². The van der Waals surface area contributed by atoms with E-state index in [1.54, 1.807) is 27.7 Å². The number of thiol groups is 1. The van der Waals surface area contributed by atoms with E-state index in [4.69, 9.17) is 16.6 Å². The van der Waals surface area contributed by atoms with Crippen LogP contribution in [0.5, 0.6) is 0 Å². The fraction of sp³-hybridized carbons (Fsp3) is 0.750. The summed E-state index contributed by atoms with van der Waals surface area (Å²) >= 11 is 3.91. The molecule has 0 aromatic carbocycles. The van der Waals surface area contributed by atoms with E-state index in [1.165, 1.54) is 18.7 Å². The molecule has 24 nitrogen and oxygen atoms in total. The van der Waals surface area contributed by atoms with Crippen LogP contribution in [-0.4, -0.2) is 170 Å². The molecule has 1 heterocycles. The van der Waals surface area contributed by atoms with Crippen molar-refractivity contribution in [2.75, 3.05) is 25.4 Å². The Hall–Kier alpha value is -5.11. The number of nitrogens with one attached hydrogen (secondary N) is 7. The van der Waals surface area contributed by atoms with Crippen LogP contribution in [0.15, 0.2) is 0 Å². The summed E-state index contributed by atoms with van der Waals surface area (Å²) in [6.45, 7) is 8.66. The van der Waals surface area contributed by atoms with Crippen molar-refractivity contribution in [3.8, 4) is 0 Å². The van der Waals surface area contributed by atoms with Gasteiger partial charge in [0, 0.05) is 18.7 Å². The number of carboxylic acids is 2. The maximum absolute atomic E-state index is 14.2.